The van der Waals surface area contributed by atoms with Gasteiger partial charge in [-0.1, -0.05) is 249 Å². The lowest BCUT2D eigenvalue weighted by Crippen LogP contribution is -2.30. The van der Waals surface area contributed by atoms with Gasteiger partial charge in [0, 0.05) is 19.3 Å². The maximum atomic E-state index is 12.9. The summed E-state index contributed by atoms with van der Waals surface area (Å²) in [5.41, 5.74) is 0. The lowest BCUT2D eigenvalue weighted by Gasteiger charge is -2.18. The Labute approximate surface area is 435 Å². The van der Waals surface area contributed by atoms with Crippen LogP contribution in [0.1, 0.15) is 323 Å². The summed E-state index contributed by atoms with van der Waals surface area (Å²) in [6.07, 6.45) is 72.4. The van der Waals surface area contributed by atoms with Gasteiger partial charge in [0.2, 0.25) is 0 Å². The second kappa shape index (κ2) is 58.9. The van der Waals surface area contributed by atoms with Crippen LogP contribution >= 0.6 is 0 Å². The first-order chi connectivity index (χ1) is 34.5. The molecule has 408 valence electrons. The number of carbonyl (C=O) groups is 3. The zero-order chi connectivity index (χ0) is 50.7. The first-order valence-corrected chi connectivity index (χ1v) is 30.6. The van der Waals surface area contributed by atoms with Gasteiger partial charge in [0.1, 0.15) is 13.2 Å². The van der Waals surface area contributed by atoms with Crippen molar-refractivity contribution >= 4 is 17.9 Å². The Morgan fingerprint density at radius 2 is 0.514 bits per heavy atom. The molecule has 0 spiro atoms. The molecule has 0 aliphatic carbocycles. The summed E-state index contributed by atoms with van der Waals surface area (Å²) in [4.78, 5) is 38.2. The fraction of sp³-hybridized carbons (Fsp3) is 0.828. The van der Waals surface area contributed by atoms with Crippen LogP contribution in [0.4, 0.5) is 0 Å². The highest BCUT2D eigenvalue weighted by Crippen LogP contribution is 2.16. The maximum Gasteiger partial charge on any atom is 0.306 e. The molecule has 1 atom stereocenters. The highest BCUT2D eigenvalue weighted by Gasteiger charge is 2.19. The number of carbonyl (C=O) groups excluding carboxylic acids is 3. The molecule has 0 fully saturated rings. The molecule has 6 nitrogen and oxygen atoms in total. The first kappa shape index (κ1) is 67.4. The van der Waals surface area contributed by atoms with Crippen molar-refractivity contribution < 1.29 is 28.6 Å². The smallest absolute Gasteiger partial charge is 0.306 e. The average molecular weight is 982 g/mol. The molecular formula is C64H116O6. The summed E-state index contributed by atoms with van der Waals surface area (Å²) < 4.78 is 16.9. The number of hydrogen-bond donors (Lipinski definition) is 0. The summed E-state index contributed by atoms with van der Waals surface area (Å²) in [7, 11) is 0. The second-order valence-electron chi connectivity index (χ2n) is 20.6. The largest absolute Gasteiger partial charge is 0.462 e. The molecule has 0 aromatic rings. The number of allylic oxidation sites excluding steroid dienone is 8. The number of unbranched alkanes of at least 4 members (excludes halogenated alkanes) is 37. The van der Waals surface area contributed by atoms with E-state index < -0.39 is 6.10 Å². The fourth-order valence-corrected chi connectivity index (χ4v) is 8.88. The van der Waals surface area contributed by atoms with Crippen LogP contribution in [-0.2, 0) is 28.6 Å². The van der Waals surface area contributed by atoms with Crippen molar-refractivity contribution in [1.29, 1.82) is 0 Å². The molecule has 1 unspecified atom stereocenters. The molecule has 0 aromatic carbocycles. The predicted molar refractivity (Wildman–Crippen MR) is 302 cm³/mol. The van der Waals surface area contributed by atoms with E-state index >= 15 is 0 Å². The molecule has 0 saturated carbocycles. The molecule has 0 heterocycles. The maximum absolute atomic E-state index is 12.9. The summed E-state index contributed by atoms with van der Waals surface area (Å²) in [6, 6.07) is 0. The molecule has 0 rings (SSSR count). The van der Waals surface area contributed by atoms with Gasteiger partial charge < -0.3 is 14.2 Å². The van der Waals surface area contributed by atoms with Crippen molar-refractivity contribution in [3.8, 4) is 0 Å². The van der Waals surface area contributed by atoms with Gasteiger partial charge in [0.05, 0.1) is 0 Å². The standard InChI is InChI=1S/C64H116O6/c1-4-7-10-13-16-19-22-25-28-31-32-34-36-39-42-45-48-51-54-57-63(66)69-60-61(59-68-62(65)56-53-50-47-44-41-38-35-30-27-24-21-18-15-12-9-6-3)70-64(67)58-55-52-49-46-43-40-37-33-29-26-23-20-17-14-11-8-5-2/h21,24-26,28-30,35,61H,4-20,22-23,27,31-34,36-60H2,1-3H3/b24-21-,28-25-,29-26-,35-30-. The van der Waals surface area contributed by atoms with Gasteiger partial charge >= 0.3 is 17.9 Å². The molecule has 70 heavy (non-hydrogen) atoms. The summed E-state index contributed by atoms with van der Waals surface area (Å²) in [5, 5.41) is 0. The third kappa shape index (κ3) is 56.3. The van der Waals surface area contributed by atoms with E-state index in [1.54, 1.807) is 0 Å². The number of rotatable bonds is 56. The lowest BCUT2D eigenvalue weighted by atomic mass is 10.1. The van der Waals surface area contributed by atoms with Gasteiger partial charge in [-0.3, -0.25) is 14.4 Å². The number of ether oxygens (including phenoxy) is 3. The van der Waals surface area contributed by atoms with E-state index in [1.807, 2.05) is 0 Å². The lowest BCUT2D eigenvalue weighted by molar-refractivity contribution is -0.167. The molecular weight excluding hydrogens is 865 g/mol. The van der Waals surface area contributed by atoms with Gasteiger partial charge in [0.15, 0.2) is 6.10 Å². The molecule has 0 aliphatic heterocycles. The Bertz CT molecular complexity index is 1220. The molecule has 6 heteroatoms. The van der Waals surface area contributed by atoms with Gasteiger partial charge in [-0.05, 0) is 103 Å². The van der Waals surface area contributed by atoms with E-state index in [2.05, 4.69) is 69.4 Å². The van der Waals surface area contributed by atoms with Crippen molar-refractivity contribution in [1.82, 2.24) is 0 Å². The van der Waals surface area contributed by atoms with Gasteiger partial charge in [0.25, 0.3) is 0 Å². The Morgan fingerprint density at radius 3 is 0.814 bits per heavy atom. The Hall–Kier alpha value is -2.63. The topological polar surface area (TPSA) is 78.9 Å². The van der Waals surface area contributed by atoms with Gasteiger partial charge in [-0.2, -0.15) is 0 Å². The minimum Gasteiger partial charge on any atom is -0.462 e. The predicted octanol–water partition coefficient (Wildman–Crippen LogP) is 20.6. The Kier molecular flexibility index (Phi) is 56.7. The quantitative estimate of drug-likeness (QED) is 0.0261. The molecule has 0 amide bonds. The number of esters is 3. The summed E-state index contributed by atoms with van der Waals surface area (Å²) in [5.74, 6) is -0.883. The molecule has 0 saturated heterocycles. The van der Waals surface area contributed by atoms with Crippen molar-refractivity contribution in [2.24, 2.45) is 0 Å². The molecule has 0 radical (unpaired) electrons. The van der Waals surface area contributed by atoms with E-state index in [0.29, 0.717) is 19.3 Å². The van der Waals surface area contributed by atoms with E-state index in [0.717, 1.165) is 77.0 Å². The van der Waals surface area contributed by atoms with Crippen LogP contribution in [0.25, 0.3) is 0 Å². The van der Waals surface area contributed by atoms with Crippen LogP contribution in [0.2, 0.25) is 0 Å². The van der Waals surface area contributed by atoms with Crippen LogP contribution < -0.4 is 0 Å². The van der Waals surface area contributed by atoms with Crippen molar-refractivity contribution in [3.63, 3.8) is 0 Å². The molecule has 0 N–H and O–H groups in total. The first-order valence-electron chi connectivity index (χ1n) is 30.6. The zero-order valence-corrected chi connectivity index (χ0v) is 46.8. The minimum absolute atomic E-state index is 0.0786. The third-order valence-electron chi connectivity index (χ3n) is 13.5. The Balaban J connectivity index is 4.37. The minimum atomic E-state index is -0.782. The van der Waals surface area contributed by atoms with Crippen LogP contribution in [0.15, 0.2) is 48.6 Å². The van der Waals surface area contributed by atoms with Crippen molar-refractivity contribution in [2.45, 2.75) is 329 Å². The van der Waals surface area contributed by atoms with Gasteiger partial charge in [-0.15, -0.1) is 0 Å². The van der Waals surface area contributed by atoms with E-state index in [9.17, 15) is 14.4 Å². The third-order valence-corrected chi connectivity index (χ3v) is 13.5. The normalized spacial score (nSPS) is 12.3. The van der Waals surface area contributed by atoms with Crippen molar-refractivity contribution in [2.75, 3.05) is 13.2 Å². The average Bonchev–Trinajstić information content (AvgIpc) is 3.36. The van der Waals surface area contributed by atoms with E-state index in [1.165, 1.54) is 205 Å². The molecule has 0 aromatic heterocycles. The van der Waals surface area contributed by atoms with Crippen LogP contribution in [0.5, 0.6) is 0 Å². The molecule has 0 aliphatic rings. The van der Waals surface area contributed by atoms with E-state index in [4.69, 9.17) is 14.2 Å². The fourth-order valence-electron chi connectivity index (χ4n) is 8.88. The number of hydrogen-bond acceptors (Lipinski definition) is 6. The second-order valence-corrected chi connectivity index (χ2v) is 20.6. The van der Waals surface area contributed by atoms with Crippen molar-refractivity contribution in [3.05, 3.63) is 48.6 Å². The zero-order valence-electron chi connectivity index (χ0n) is 46.8. The molecule has 0 bridgehead atoms. The summed E-state index contributed by atoms with van der Waals surface area (Å²) in [6.45, 7) is 6.64. The van der Waals surface area contributed by atoms with Crippen LogP contribution in [-0.4, -0.2) is 37.2 Å². The monoisotopic (exact) mass is 981 g/mol. The highest BCUT2D eigenvalue weighted by atomic mass is 16.6. The Morgan fingerprint density at radius 1 is 0.286 bits per heavy atom. The highest BCUT2D eigenvalue weighted by molar-refractivity contribution is 5.71. The SMILES string of the molecule is CCCCCC/C=C\C/C=C\CCCCCCCC(=O)OCC(COC(=O)CCCCCCCCCCC/C=C\CCCCCCCC)OC(=O)CCCCCCCCC/C=C\CCCCCCCC. The summed E-state index contributed by atoms with van der Waals surface area (Å²) >= 11 is 0. The van der Waals surface area contributed by atoms with Crippen LogP contribution in [0.3, 0.4) is 0 Å². The van der Waals surface area contributed by atoms with E-state index in [-0.39, 0.29) is 31.1 Å². The van der Waals surface area contributed by atoms with Crippen LogP contribution in [0, 0.1) is 0 Å². The van der Waals surface area contributed by atoms with Gasteiger partial charge in [-0.25, -0.2) is 0 Å².